The summed E-state index contributed by atoms with van der Waals surface area (Å²) in [4.78, 5) is 16.1. The third-order valence-electron chi connectivity index (χ3n) is 3.68. The van der Waals surface area contributed by atoms with Crippen molar-refractivity contribution in [3.63, 3.8) is 0 Å². The molecule has 9 heteroatoms. The molecule has 29 heavy (non-hydrogen) atoms. The van der Waals surface area contributed by atoms with Crippen LogP contribution in [0, 0.1) is 5.82 Å². The number of hydrogen-bond donors (Lipinski definition) is 1. The molecule has 2 aromatic carbocycles. The first kappa shape index (κ1) is 20.8. The maximum absolute atomic E-state index is 13.0. The quantitative estimate of drug-likeness (QED) is 0.550. The molecule has 0 aliphatic carbocycles. The summed E-state index contributed by atoms with van der Waals surface area (Å²) in [6.07, 6.45) is 1.43. The van der Waals surface area contributed by atoms with Crippen LogP contribution in [0.5, 0.6) is 0 Å². The van der Waals surface area contributed by atoms with Crippen molar-refractivity contribution in [3.05, 3.63) is 82.5 Å². The fourth-order valence-corrected chi connectivity index (χ4v) is 3.81. The third kappa shape index (κ3) is 6.60. The highest BCUT2D eigenvalue weighted by Crippen LogP contribution is 2.24. The first-order valence-corrected chi connectivity index (χ1v) is 10.9. The zero-order valence-corrected chi connectivity index (χ0v) is 16.8. The number of thiazole rings is 1. The Morgan fingerprint density at radius 3 is 2.59 bits per heavy atom. The zero-order valence-electron chi connectivity index (χ0n) is 15.1. The standard InChI is InChI=1S/C20H17FN2O4S2/c21-17-8-6-16(7-9-17)20-23-18(14-28-20)13-27-19(24)12-22-29(25,26)11-10-15-4-2-1-3-5-15/h1-11,14,22H,12-13H2/b11-10+. The number of esters is 1. The second-order valence-corrected chi connectivity index (χ2v) is 8.40. The molecule has 3 aromatic rings. The Kier molecular flexibility index (Phi) is 6.86. The predicted octanol–water partition coefficient (Wildman–Crippen LogP) is 3.58. The van der Waals surface area contributed by atoms with Gasteiger partial charge in [0.2, 0.25) is 10.0 Å². The van der Waals surface area contributed by atoms with E-state index in [1.54, 1.807) is 41.8 Å². The van der Waals surface area contributed by atoms with Gasteiger partial charge in [-0.2, -0.15) is 0 Å². The lowest BCUT2D eigenvalue weighted by atomic mass is 10.2. The monoisotopic (exact) mass is 432 g/mol. The van der Waals surface area contributed by atoms with Gasteiger partial charge in [0, 0.05) is 16.4 Å². The number of carbonyl (C=O) groups excluding carboxylic acids is 1. The number of ether oxygens (including phenoxy) is 1. The summed E-state index contributed by atoms with van der Waals surface area (Å²) < 4.78 is 44.0. The zero-order chi connectivity index (χ0) is 20.7. The molecule has 1 N–H and O–H groups in total. The molecule has 0 aliphatic rings. The maximum atomic E-state index is 13.0. The Bertz CT molecular complexity index is 1100. The van der Waals surface area contributed by atoms with Gasteiger partial charge in [0.1, 0.15) is 24.0 Å². The Labute approximate surface area is 171 Å². The van der Waals surface area contributed by atoms with E-state index in [0.29, 0.717) is 10.7 Å². The molecule has 0 bridgehead atoms. The van der Waals surface area contributed by atoms with Crippen LogP contribution in [-0.4, -0.2) is 25.9 Å². The summed E-state index contributed by atoms with van der Waals surface area (Å²) in [5.74, 6) is -1.06. The van der Waals surface area contributed by atoms with Gasteiger partial charge in [-0.1, -0.05) is 30.3 Å². The van der Waals surface area contributed by atoms with Crippen LogP contribution >= 0.6 is 11.3 Å². The van der Waals surface area contributed by atoms with Crippen molar-refractivity contribution < 1.29 is 22.3 Å². The summed E-state index contributed by atoms with van der Waals surface area (Å²) in [6.45, 7) is -0.575. The molecule has 1 aromatic heterocycles. The van der Waals surface area contributed by atoms with Crippen molar-refractivity contribution in [2.75, 3.05) is 6.54 Å². The van der Waals surface area contributed by atoms with Gasteiger partial charge >= 0.3 is 5.97 Å². The largest absolute Gasteiger partial charge is 0.458 e. The van der Waals surface area contributed by atoms with Crippen LogP contribution in [-0.2, 0) is 26.2 Å². The highest BCUT2D eigenvalue weighted by Gasteiger charge is 2.11. The van der Waals surface area contributed by atoms with Crippen molar-refractivity contribution in [3.8, 4) is 10.6 Å². The van der Waals surface area contributed by atoms with Crippen LogP contribution in [0.3, 0.4) is 0 Å². The van der Waals surface area contributed by atoms with Crippen molar-refractivity contribution in [2.24, 2.45) is 0 Å². The van der Waals surface area contributed by atoms with Gasteiger partial charge in [0.15, 0.2) is 0 Å². The summed E-state index contributed by atoms with van der Waals surface area (Å²) in [6, 6.07) is 14.8. The van der Waals surface area contributed by atoms with Gasteiger partial charge in [-0.3, -0.25) is 4.79 Å². The van der Waals surface area contributed by atoms with Gasteiger partial charge in [0.05, 0.1) is 5.69 Å². The normalized spacial score (nSPS) is 11.6. The van der Waals surface area contributed by atoms with Crippen LogP contribution in [0.1, 0.15) is 11.3 Å². The molecule has 0 radical (unpaired) electrons. The lowest BCUT2D eigenvalue weighted by Crippen LogP contribution is -2.29. The van der Waals surface area contributed by atoms with Crippen molar-refractivity contribution in [1.29, 1.82) is 0 Å². The van der Waals surface area contributed by atoms with E-state index in [4.69, 9.17) is 4.74 Å². The second-order valence-electron chi connectivity index (χ2n) is 5.89. The molecule has 0 saturated carbocycles. The van der Waals surface area contributed by atoms with Gasteiger partial charge in [-0.05, 0) is 35.9 Å². The smallest absolute Gasteiger partial charge is 0.321 e. The summed E-state index contributed by atoms with van der Waals surface area (Å²) in [5.41, 5.74) is 2.00. The minimum Gasteiger partial charge on any atom is -0.458 e. The van der Waals surface area contributed by atoms with E-state index in [1.807, 2.05) is 6.07 Å². The fraction of sp³-hybridized carbons (Fsp3) is 0.100. The molecule has 0 unspecified atom stereocenters. The fourth-order valence-electron chi connectivity index (χ4n) is 2.24. The van der Waals surface area contributed by atoms with E-state index >= 15 is 0 Å². The summed E-state index contributed by atoms with van der Waals surface area (Å²) in [7, 11) is -3.77. The molecule has 0 spiro atoms. The third-order valence-corrected chi connectivity index (χ3v) is 5.66. The average Bonchev–Trinajstić information content (AvgIpc) is 3.20. The molecule has 150 valence electrons. The van der Waals surface area contributed by atoms with Crippen molar-refractivity contribution >= 4 is 33.4 Å². The molecule has 0 atom stereocenters. The molecular weight excluding hydrogens is 415 g/mol. The number of nitrogens with zero attached hydrogens (tertiary/aromatic N) is 1. The molecule has 0 fully saturated rings. The highest BCUT2D eigenvalue weighted by molar-refractivity contribution is 7.92. The van der Waals surface area contributed by atoms with Crippen LogP contribution in [0.15, 0.2) is 65.4 Å². The van der Waals surface area contributed by atoms with Crippen LogP contribution in [0.4, 0.5) is 4.39 Å². The molecule has 0 amide bonds. The SMILES string of the molecule is O=C(CNS(=O)(=O)/C=C/c1ccccc1)OCc1csc(-c2ccc(F)cc2)n1. The summed E-state index contributed by atoms with van der Waals surface area (Å²) in [5, 5.41) is 3.38. The Morgan fingerprint density at radius 2 is 1.86 bits per heavy atom. The molecule has 3 rings (SSSR count). The summed E-state index contributed by atoms with van der Waals surface area (Å²) >= 11 is 1.34. The molecular formula is C20H17FN2O4S2. The molecule has 0 aliphatic heterocycles. The van der Waals surface area contributed by atoms with Gasteiger partial charge in [-0.25, -0.2) is 22.5 Å². The molecule has 1 heterocycles. The van der Waals surface area contributed by atoms with E-state index in [0.717, 1.165) is 16.5 Å². The second kappa shape index (κ2) is 9.55. The molecule has 6 nitrogen and oxygen atoms in total. The van der Waals surface area contributed by atoms with E-state index < -0.39 is 22.5 Å². The first-order valence-electron chi connectivity index (χ1n) is 8.50. The number of aromatic nitrogens is 1. The van der Waals surface area contributed by atoms with E-state index in [-0.39, 0.29) is 12.4 Å². The maximum Gasteiger partial charge on any atom is 0.321 e. The lowest BCUT2D eigenvalue weighted by molar-refractivity contribution is -0.143. The minimum absolute atomic E-state index is 0.0852. The van der Waals surface area contributed by atoms with E-state index in [2.05, 4.69) is 9.71 Å². The topological polar surface area (TPSA) is 85.4 Å². The number of nitrogens with one attached hydrogen (secondary N) is 1. The van der Waals surface area contributed by atoms with E-state index in [1.165, 1.54) is 29.5 Å². The first-order chi connectivity index (χ1) is 13.9. The Hall–Kier alpha value is -2.88. The van der Waals surface area contributed by atoms with Crippen LogP contribution in [0.2, 0.25) is 0 Å². The predicted molar refractivity (Wildman–Crippen MR) is 110 cm³/mol. The van der Waals surface area contributed by atoms with Crippen LogP contribution < -0.4 is 4.72 Å². The number of rotatable bonds is 8. The number of sulfonamides is 1. The van der Waals surface area contributed by atoms with Gasteiger partial charge in [0.25, 0.3) is 0 Å². The van der Waals surface area contributed by atoms with Crippen molar-refractivity contribution in [2.45, 2.75) is 6.61 Å². The number of hydrogen-bond acceptors (Lipinski definition) is 6. The average molecular weight is 432 g/mol. The van der Waals surface area contributed by atoms with Gasteiger partial charge in [-0.15, -0.1) is 11.3 Å². The number of benzene rings is 2. The number of carbonyl (C=O) groups is 1. The Morgan fingerprint density at radius 1 is 1.14 bits per heavy atom. The lowest BCUT2D eigenvalue weighted by Gasteiger charge is -2.04. The van der Waals surface area contributed by atoms with Crippen molar-refractivity contribution in [1.82, 2.24) is 9.71 Å². The Balaban J connectivity index is 1.47. The van der Waals surface area contributed by atoms with Crippen LogP contribution in [0.25, 0.3) is 16.6 Å². The van der Waals surface area contributed by atoms with Gasteiger partial charge < -0.3 is 4.74 Å². The molecule has 0 saturated heterocycles. The minimum atomic E-state index is -3.77. The highest BCUT2D eigenvalue weighted by atomic mass is 32.2. The van der Waals surface area contributed by atoms with E-state index in [9.17, 15) is 17.6 Å². The number of halogens is 1.